The van der Waals surface area contributed by atoms with Crippen LogP contribution in [0.15, 0.2) is 84.9 Å². The lowest BCUT2D eigenvalue weighted by Crippen LogP contribution is -2.19. The third-order valence-corrected chi connectivity index (χ3v) is 8.00. The normalized spacial score (nSPS) is 14.0. The van der Waals surface area contributed by atoms with Crippen LogP contribution in [0.1, 0.15) is 61.0 Å². The monoisotopic (exact) mass is 533 g/mol. The lowest BCUT2D eigenvalue weighted by molar-refractivity contribution is 0.0690. The van der Waals surface area contributed by atoms with Gasteiger partial charge in [-0.3, -0.25) is 0 Å². The van der Waals surface area contributed by atoms with Crippen molar-refractivity contribution in [3.63, 3.8) is 0 Å². The second-order valence-corrected chi connectivity index (χ2v) is 10.7. The van der Waals surface area contributed by atoms with Crippen LogP contribution in [0.4, 0.5) is 0 Å². The summed E-state index contributed by atoms with van der Waals surface area (Å²) in [6, 6.07) is 28.6. The summed E-state index contributed by atoms with van der Waals surface area (Å²) in [6.07, 6.45) is 8.67. The number of carbonyl (C=O) groups is 1. The Kier molecular flexibility index (Phi) is 7.71. The molecule has 1 aliphatic rings. The van der Waals surface area contributed by atoms with Gasteiger partial charge in [0.1, 0.15) is 17.2 Å². The fraction of sp³-hybridized carbons (Fsp3) is 0.286. The fourth-order valence-corrected chi connectivity index (χ4v) is 5.95. The van der Waals surface area contributed by atoms with Gasteiger partial charge < -0.3 is 19.6 Å². The van der Waals surface area contributed by atoms with E-state index in [0.29, 0.717) is 19.1 Å². The smallest absolute Gasteiger partial charge is 0.352 e. The lowest BCUT2D eigenvalue weighted by Gasteiger charge is -2.23. The molecule has 0 unspecified atom stereocenters. The van der Waals surface area contributed by atoms with E-state index in [1.54, 1.807) is 0 Å². The molecule has 0 spiro atoms. The number of nitrogens with one attached hydrogen (secondary N) is 1. The van der Waals surface area contributed by atoms with Crippen LogP contribution in [-0.2, 0) is 6.42 Å². The zero-order valence-electron chi connectivity index (χ0n) is 22.7. The van der Waals surface area contributed by atoms with Crippen LogP contribution in [0.2, 0.25) is 0 Å². The van der Waals surface area contributed by atoms with Gasteiger partial charge in [0.25, 0.3) is 0 Å². The quantitative estimate of drug-likeness (QED) is 0.176. The molecule has 0 bridgehead atoms. The molecular weight excluding hydrogens is 498 g/mol. The Hall–Kier alpha value is -4.25. The molecule has 5 heteroatoms. The van der Waals surface area contributed by atoms with Gasteiger partial charge in [-0.05, 0) is 79.7 Å². The standard InChI is InChI=1S/C35H35NO4/c37-35(38)34-31(15-6-7-23-39-32-18-8-11-24-10-4-5-14-28(24)32)30-17-9-16-29(33(30)36-34)25-19-21-27(22-20-25)40-26-12-2-1-3-13-26/h4-5,8-11,14,16-22,26,36H,1-3,6-7,12-13,15,23H2,(H,37,38). The van der Waals surface area contributed by atoms with E-state index in [9.17, 15) is 9.90 Å². The molecule has 40 heavy (non-hydrogen) atoms. The molecule has 4 aromatic carbocycles. The number of para-hydroxylation sites is 1. The maximum atomic E-state index is 12.2. The maximum Gasteiger partial charge on any atom is 0.352 e. The fourth-order valence-electron chi connectivity index (χ4n) is 5.95. The molecule has 0 aliphatic heterocycles. The number of aromatic carboxylic acids is 1. The minimum Gasteiger partial charge on any atom is -0.493 e. The number of unbranched alkanes of at least 4 members (excludes halogenated alkanes) is 1. The van der Waals surface area contributed by atoms with Gasteiger partial charge >= 0.3 is 5.97 Å². The highest BCUT2D eigenvalue weighted by Gasteiger charge is 2.19. The van der Waals surface area contributed by atoms with Gasteiger partial charge in [0.05, 0.1) is 18.2 Å². The minimum atomic E-state index is -0.930. The van der Waals surface area contributed by atoms with Crippen molar-refractivity contribution in [3.05, 3.63) is 96.2 Å². The Morgan fingerprint density at radius 1 is 0.825 bits per heavy atom. The molecule has 1 fully saturated rings. The Bertz CT molecular complexity index is 1610. The average Bonchev–Trinajstić information content (AvgIpc) is 3.37. The molecule has 0 amide bonds. The lowest BCUT2D eigenvalue weighted by atomic mass is 9.97. The van der Waals surface area contributed by atoms with E-state index in [-0.39, 0.29) is 5.69 Å². The van der Waals surface area contributed by atoms with Gasteiger partial charge in [0, 0.05) is 16.3 Å². The van der Waals surface area contributed by atoms with Crippen LogP contribution < -0.4 is 9.47 Å². The molecule has 1 aromatic heterocycles. The first-order chi connectivity index (χ1) is 19.7. The van der Waals surface area contributed by atoms with Crippen LogP contribution in [0.3, 0.4) is 0 Å². The van der Waals surface area contributed by atoms with Gasteiger partial charge in [-0.1, -0.05) is 73.2 Å². The van der Waals surface area contributed by atoms with Crippen molar-refractivity contribution in [1.82, 2.24) is 4.98 Å². The first kappa shape index (κ1) is 26.0. The molecule has 0 atom stereocenters. The molecule has 204 valence electrons. The van der Waals surface area contributed by atoms with Crippen molar-refractivity contribution in [2.45, 2.75) is 57.5 Å². The number of ether oxygens (including phenoxy) is 2. The van der Waals surface area contributed by atoms with Crippen molar-refractivity contribution in [3.8, 4) is 22.6 Å². The molecule has 5 aromatic rings. The Balaban J connectivity index is 1.15. The number of hydrogen-bond donors (Lipinski definition) is 2. The van der Waals surface area contributed by atoms with E-state index < -0.39 is 5.97 Å². The number of fused-ring (bicyclic) bond motifs is 2. The van der Waals surface area contributed by atoms with Crippen molar-refractivity contribution < 1.29 is 19.4 Å². The highest BCUT2D eigenvalue weighted by atomic mass is 16.5. The first-order valence-electron chi connectivity index (χ1n) is 14.4. The topological polar surface area (TPSA) is 71.5 Å². The Labute approximate surface area is 234 Å². The van der Waals surface area contributed by atoms with E-state index in [1.165, 1.54) is 19.3 Å². The summed E-state index contributed by atoms with van der Waals surface area (Å²) < 4.78 is 12.3. The molecule has 6 rings (SSSR count). The van der Waals surface area contributed by atoms with E-state index in [4.69, 9.17) is 9.47 Å². The van der Waals surface area contributed by atoms with E-state index in [0.717, 1.165) is 75.5 Å². The number of aromatic amines is 1. The summed E-state index contributed by atoms with van der Waals surface area (Å²) in [4.78, 5) is 15.4. The second kappa shape index (κ2) is 11.9. The van der Waals surface area contributed by atoms with Gasteiger partial charge in [-0.15, -0.1) is 0 Å². The van der Waals surface area contributed by atoms with Gasteiger partial charge in [-0.2, -0.15) is 0 Å². The molecule has 0 saturated heterocycles. The summed E-state index contributed by atoms with van der Waals surface area (Å²) in [6.45, 7) is 0.583. The highest BCUT2D eigenvalue weighted by molar-refractivity contribution is 6.03. The summed E-state index contributed by atoms with van der Waals surface area (Å²) in [5.41, 5.74) is 4.02. The minimum absolute atomic E-state index is 0.273. The highest BCUT2D eigenvalue weighted by Crippen LogP contribution is 2.34. The summed E-state index contributed by atoms with van der Waals surface area (Å²) in [7, 11) is 0. The summed E-state index contributed by atoms with van der Waals surface area (Å²) in [5, 5.41) is 13.2. The van der Waals surface area contributed by atoms with E-state index in [2.05, 4.69) is 35.3 Å². The van der Waals surface area contributed by atoms with Crippen LogP contribution >= 0.6 is 0 Å². The number of benzene rings is 4. The number of aryl methyl sites for hydroxylation is 1. The third-order valence-electron chi connectivity index (χ3n) is 8.00. The van der Waals surface area contributed by atoms with Crippen molar-refractivity contribution in [2.75, 3.05) is 6.61 Å². The zero-order chi connectivity index (χ0) is 27.3. The van der Waals surface area contributed by atoms with Crippen LogP contribution in [-0.4, -0.2) is 28.8 Å². The average molecular weight is 534 g/mol. The molecule has 1 heterocycles. The van der Waals surface area contributed by atoms with Crippen LogP contribution in [0.25, 0.3) is 32.8 Å². The second-order valence-electron chi connectivity index (χ2n) is 10.7. The SMILES string of the molecule is O=C(O)c1[nH]c2c(-c3ccc(OC4CCCCC4)cc3)cccc2c1CCCCOc1cccc2ccccc12. The Morgan fingerprint density at radius 3 is 2.40 bits per heavy atom. The van der Waals surface area contributed by atoms with Crippen molar-refractivity contribution in [2.24, 2.45) is 0 Å². The Morgan fingerprint density at radius 2 is 1.57 bits per heavy atom. The summed E-state index contributed by atoms with van der Waals surface area (Å²) in [5.74, 6) is 0.851. The van der Waals surface area contributed by atoms with Gasteiger partial charge in [0.2, 0.25) is 0 Å². The number of rotatable bonds is 10. The van der Waals surface area contributed by atoms with Gasteiger partial charge in [-0.25, -0.2) is 4.79 Å². The number of hydrogen-bond acceptors (Lipinski definition) is 3. The van der Waals surface area contributed by atoms with Crippen molar-refractivity contribution in [1.29, 1.82) is 0 Å². The van der Waals surface area contributed by atoms with E-state index in [1.807, 2.05) is 54.6 Å². The summed E-state index contributed by atoms with van der Waals surface area (Å²) >= 11 is 0. The third kappa shape index (κ3) is 5.55. The van der Waals surface area contributed by atoms with E-state index >= 15 is 0 Å². The largest absolute Gasteiger partial charge is 0.493 e. The number of carboxylic acids is 1. The molecule has 1 aliphatic carbocycles. The molecule has 5 nitrogen and oxygen atoms in total. The molecule has 1 saturated carbocycles. The predicted octanol–water partition coefficient (Wildman–Crippen LogP) is 8.80. The molecule has 2 N–H and O–H groups in total. The molecular formula is C35H35NO4. The molecule has 0 radical (unpaired) electrons. The van der Waals surface area contributed by atoms with Crippen LogP contribution in [0.5, 0.6) is 11.5 Å². The maximum absolute atomic E-state index is 12.2. The predicted molar refractivity (Wildman–Crippen MR) is 161 cm³/mol. The van der Waals surface area contributed by atoms with Crippen LogP contribution in [0, 0.1) is 0 Å². The number of H-pyrrole nitrogens is 1. The van der Waals surface area contributed by atoms with Crippen molar-refractivity contribution >= 4 is 27.6 Å². The number of carboxylic acid groups (broad SMARTS) is 1. The van der Waals surface area contributed by atoms with Gasteiger partial charge in [0.15, 0.2) is 0 Å². The zero-order valence-corrected chi connectivity index (χ0v) is 22.7. The first-order valence-corrected chi connectivity index (χ1v) is 14.4. The number of aromatic nitrogens is 1.